The van der Waals surface area contributed by atoms with Gasteiger partial charge in [-0.2, -0.15) is 13.2 Å². The zero-order valence-electron chi connectivity index (χ0n) is 12.2. The molecule has 0 aliphatic carbocycles. The highest BCUT2D eigenvalue weighted by molar-refractivity contribution is 7.14. The number of nitrogens with one attached hydrogen (secondary N) is 1. The molecule has 25 heavy (non-hydrogen) atoms. The Morgan fingerprint density at radius 2 is 1.60 bits per heavy atom. The van der Waals surface area contributed by atoms with E-state index in [2.05, 4.69) is 10.3 Å². The number of anilines is 2. The average molecular weight is 374 g/mol. The number of hydrogen-bond donors (Lipinski definition) is 1. The zero-order chi connectivity index (χ0) is 18.2. The summed E-state index contributed by atoms with van der Waals surface area (Å²) < 4.78 is 77.6. The molecule has 1 aromatic heterocycles. The number of hydrogen-bond acceptors (Lipinski definition) is 3. The van der Waals surface area contributed by atoms with E-state index in [1.807, 2.05) is 0 Å². The Kier molecular flexibility index (Phi) is 4.42. The third-order valence-corrected chi connectivity index (χ3v) is 4.00. The SMILES string of the molecule is Fc1ccc(-c2csc(Nc3ccc(F)c(C(F)(F)F)c3)n2)cc1F. The Morgan fingerprint density at radius 3 is 2.28 bits per heavy atom. The van der Waals surface area contributed by atoms with Gasteiger partial charge in [0.15, 0.2) is 16.8 Å². The minimum absolute atomic E-state index is 0.0000818. The van der Waals surface area contributed by atoms with Gasteiger partial charge in [-0.3, -0.25) is 0 Å². The highest BCUT2D eigenvalue weighted by atomic mass is 32.1. The summed E-state index contributed by atoms with van der Waals surface area (Å²) in [4.78, 5) is 4.10. The molecule has 0 fully saturated rings. The second kappa shape index (κ2) is 6.40. The van der Waals surface area contributed by atoms with E-state index < -0.39 is 29.2 Å². The van der Waals surface area contributed by atoms with Crippen molar-refractivity contribution in [2.75, 3.05) is 5.32 Å². The van der Waals surface area contributed by atoms with Gasteiger partial charge in [-0.1, -0.05) is 0 Å². The Labute approximate surface area is 141 Å². The van der Waals surface area contributed by atoms with Crippen molar-refractivity contribution >= 4 is 22.2 Å². The number of alkyl halides is 3. The van der Waals surface area contributed by atoms with Crippen LogP contribution in [0.3, 0.4) is 0 Å². The molecule has 0 spiro atoms. The summed E-state index contributed by atoms with van der Waals surface area (Å²) in [6, 6.07) is 5.73. The highest BCUT2D eigenvalue weighted by Crippen LogP contribution is 2.34. The molecule has 130 valence electrons. The molecule has 3 rings (SSSR count). The lowest BCUT2D eigenvalue weighted by Crippen LogP contribution is -2.08. The lowest BCUT2D eigenvalue weighted by Gasteiger charge is -2.10. The lowest BCUT2D eigenvalue weighted by atomic mass is 10.1. The fourth-order valence-electron chi connectivity index (χ4n) is 2.06. The van der Waals surface area contributed by atoms with Crippen LogP contribution in [-0.4, -0.2) is 4.98 Å². The van der Waals surface area contributed by atoms with Crippen LogP contribution in [0.4, 0.5) is 37.2 Å². The number of benzene rings is 2. The van der Waals surface area contributed by atoms with E-state index in [0.717, 1.165) is 29.5 Å². The standard InChI is InChI=1S/C16H8F6N2S/c17-11-4-2-9(6-10(11)16(20,21)22)23-15-24-14(7-25-15)8-1-3-12(18)13(19)5-8/h1-7H,(H,23,24). The first-order chi connectivity index (χ1) is 11.7. The maximum Gasteiger partial charge on any atom is 0.419 e. The van der Waals surface area contributed by atoms with Crippen LogP contribution in [0.15, 0.2) is 41.8 Å². The molecule has 0 bridgehead atoms. The van der Waals surface area contributed by atoms with E-state index in [4.69, 9.17) is 0 Å². The van der Waals surface area contributed by atoms with E-state index >= 15 is 0 Å². The molecule has 2 nitrogen and oxygen atoms in total. The molecule has 1 N–H and O–H groups in total. The smallest absolute Gasteiger partial charge is 0.332 e. The number of halogens is 6. The van der Waals surface area contributed by atoms with Crippen molar-refractivity contribution < 1.29 is 26.3 Å². The second-order valence-electron chi connectivity index (χ2n) is 4.98. The van der Waals surface area contributed by atoms with Gasteiger partial charge in [-0.15, -0.1) is 11.3 Å². The van der Waals surface area contributed by atoms with Crippen LogP contribution in [0.1, 0.15) is 5.56 Å². The minimum atomic E-state index is -4.82. The van der Waals surface area contributed by atoms with E-state index in [1.165, 1.54) is 11.4 Å². The van der Waals surface area contributed by atoms with Crippen LogP contribution < -0.4 is 5.32 Å². The fourth-order valence-corrected chi connectivity index (χ4v) is 2.80. The Balaban J connectivity index is 1.85. The summed E-state index contributed by atoms with van der Waals surface area (Å²) >= 11 is 1.05. The van der Waals surface area contributed by atoms with Crippen molar-refractivity contribution in [2.45, 2.75) is 6.18 Å². The van der Waals surface area contributed by atoms with Gasteiger partial charge in [0.1, 0.15) is 5.82 Å². The number of thiazole rings is 1. The van der Waals surface area contributed by atoms with Crippen molar-refractivity contribution in [3.63, 3.8) is 0 Å². The molecule has 0 saturated heterocycles. The van der Waals surface area contributed by atoms with Crippen LogP contribution in [0.2, 0.25) is 0 Å². The summed E-state index contributed by atoms with van der Waals surface area (Å²) in [7, 11) is 0. The van der Waals surface area contributed by atoms with Gasteiger partial charge in [-0.25, -0.2) is 18.2 Å². The van der Waals surface area contributed by atoms with Crippen molar-refractivity contribution in [3.8, 4) is 11.3 Å². The van der Waals surface area contributed by atoms with Crippen molar-refractivity contribution in [1.82, 2.24) is 4.98 Å². The molecule has 9 heteroatoms. The molecule has 2 aromatic carbocycles. The second-order valence-corrected chi connectivity index (χ2v) is 5.84. The van der Waals surface area contributed by atoms with E-state index in [-0.39, 0.29) is 10.8 Å². The summed E-state index contributed by atoms with van der Waals surface area (Å²) in [5.41, 5.74) is -0.752. The van der Waals surface area contributed by atoms with Gasteiger partial charge in [0, 0.05) is 16.6 Å². The van der Waals surface area contributed by atoms with Crippen LogP contribution in [-0.2, 0) is 6.18 Å². The molecular weight excluding hydrogens is 366 g/mol. The van der Waals surface area contributed by atoms with Crippen LogP contribution in [0, 0.1) is 17.5 Å². The monoisotopic (exact) mass is 374 g/mol. The normalized spacial score (nSPS) is 11.6. The quantitative estimate of drug-likeness (QED) is 0.570. The van der Waals surface area contributed by atoms with Crippen LogP contribution in [0.25, 0.3) is 11.3 Å². The van der Waals surface area contributed by atoms with Crippen molar-refractivity contribution in [1.29, 1.82) is 0 Å². The molecule has 0 aliphatic heterocycles. The van der Waals surface area contributed by atoms with Gasteiger partial charge in [0.05, 0.1) is 11.3 Å². The molecule has 0 radical (unpaired) electrons. The topological polar surface area (TPSA) is 24.9 Å². The molecule has 0 saturated carbocycles. The van der Waals surface area contributed by atoms with E-state index in [9.17, 15) is 26.3 Å². The average Bonchev–Trinajstić information content (AvgIpc) is 2.99. The van der Waals surface area contributed by atoms with E-state index in [1.54, 1.807) is 0 Å². The Hall–Kier alpha value is -2.55. The van der Waals surface area contributed by atoms with Crippen molar-refractivity contribution in [2.24, 2.45) is 0 Å². The maximum atomic E-state index is 13.3. The van der Waals surface area contributed by atoms with Crippen LogP contribution >= 0.6 is 11.3 Å². The first-order valence-corrected chi connectivity index (χ1v) is 7.67. The largest absolute Gasteiger partial charge is 0.419 e. The summed E-state index contributed by atoms with van der Waals surface area (Å²) in [6.07, 6.45) is -4.82. The number of nitrogens with zero attached hydrogens (tertiary/aromatic N) is 1. The van der Waals surface area contributed by atoms with Gasteiger partial charge in [0.2, 0.25) is 0 Å². The third-order valence-electron chi connectivity index (χ3n) is 3.24. The highest BCUT2D eigenvalue weighted by Gasteiger charge is 2.34. The summed E-state index contributed by atoms with van der Waals surface area (Å²) in [5, 5.41) is 4.39. The van der Waals surface area contributed by atoms with Gasteiger partial charge in [0.25, 0.3) is 0 Å². The fraction of sp³-hybridized carbons (Fsp3) is 0.0625. The minimum Gasteiger partial charge on any atom is -0.332 e. The molecule has 0 atom stereocenters. The summed E-state index contributed by atoms with van der Waals surface area (Å²) in [6.45, 7) is 0. The van der Waals surface area contributed by atoms with Gasteiger partial charge < -0.3 is 5.32 Å². The Bertz CT molecular complexity index is 919. The molecular formula is C16H8F6N2S. The lowest BCUT2D eigenvalue weighted by molar-refractivity contribution is -0.139. The molecule has 3 aromatic rings. The van der Waals surface area contributed by atoms with Crippen LogP contribution in [0.5, 0.6) is 0 Å². The van der Waals surface area contributed by atoms with E-state index in [0.29, 0.717) is 23.4 Å². The molecule has 0 aliphatic rings. The zero-order valence-corrected chi connectivity index (χ0v) is 13.0. The molecule has 1 heterocycles. The Morgan fingerprint density at radius 1 is 0.880 bits per heavy atom. The van der Waals surface area contributed by atoms with Crippen molar-refractivity contribution in [3.05, 3.63) is 64.8 Å². The first-order valence-electron chi connectivity index (χ1n) is 6.79. The predicted octanol–water partition coefficient (Wildman–Crippen LogP) is 5.99. The first kappa shape index (κ1) is 17.3. The number of rotatable bonds is 3. The third kappa shape index (κ3) is 3.76. The number of aromatic nitrogens is 1. The van der Waals surface area contributed by atoms with Gasteiger partial charge >= 0.3 is 6.18 Å². The maximum absolute atomic E-state index is 13.3. The predicted molar refractivity (Wildman–Crippen MR) is 82.2 cm³/mol. The van der Waals surface area contributed by atoms with Gasteiger partial charge in [-0.05, 0) is 36.4 Å². The summed E-state index contributed by atoms with van der Waals surface area (Å²) in [5.74, 6) is -3.41. The molecule has 0 amide bonds. The molecule has 0 unspecified atom stereocenters.